The van der Waals surface area contributed by atoms with Crippen molar-refractivity contribution in [1.29, 1.82) is 0 Å². The first-order chi connectivity index (χ1) is 4.86. The number of imide groups is 1. The van der Waals surface area contributed by atoms with Crippen LogP contribution in [0, 0.1) is 0 Å². The topological polar surface area (TPSA) is 83.5 Å². The van der Waals surface area contributed by atoms with Crippen LogP contribution in [-0.2, 0) is 14.4 Å². The Bertz CT molecular complexity index is 148. The first-order valence-corrected chi connectivity index (χ1v) is 2.84. The second-order valence-electron chi connectivity index (χ2n) is 1.76. The third-order valence-electron chi connectivity index (χ3n) is 0.352. The maximum absolute atomic E-state index is 9.92. The number of carboxylic acids is 1. The Kier molecular flexibility index (Phi) is 7.52. The van der Waals surface area contributed by atoms with Gasteiger partial charge in [-0.2, -0.15) is 0 Å². The summed E-state index contributed by atoms with van der Waals surface area (Å²) in [5.41, 5.74) is 0. The van der Waals surface area contributed by atoms with Crippen LogP contribution in [-0.4, -0.2) is 22.9 Å². The van der Waals surface area contributed by atoms with Gasteiger partial charge < -0.3 is 5.11 Å². The first kappa shape index (κ1) is 12.3. The van der Waals surface area contributed by atoms with Gasteiger partial charge in [0.25, 0.3) is 5.97 Å². The number of carbonyl (C=O) groups is 3. The van der Waals surface area contributed by atoms with Crippen molar-refractivity contribution in [2.75, 3.05) is 0 Å². The summed E-state index contributed by atoms with van der Waals surface area (Å²) in [6.07, 6.45) is 0. The lowest BCUT2D eigenvalue weighted by molar-refractivity contribution is -0.134. The van der Waals surface area contributed by atoms with Crippen LogP contribution in [0.1, 0.15) is 20.8 Å². The number of rotatable bonds is 0. The molecule has 5 heteroatoms. The second-order valence-corrected chi connectivity index (χ2v) is 1.76. The van der Waals surface area contributed by atoms with Crippen molar-refractivity contribution in [3.63, 3.8) is 0 Å². The molecule has 0 aromatic heterocycles. The van der Waals surface area contributed by atoms with E-state index >= 15 is 0 Å². The predicted octanol–water partition coefficient (Wildman–Crippen LogP) is -0.240. The third kappa shape index (κ3) is 55.2. The zero-order valence-corrected chi connectivity index (χ0v) is 6.67. The monoisotopic (exact) mass is 161 g/mol. The van der Waals surface area contributed by atoms with Crippen molar-refractivity contribution >= 4 is 17.8 Å². The van der Waals surface area contributed by atoms with Gasteiger partial charge in [0.05, 0.1) is 0 Å². The molecule has 0 heterocycles. The average Bonchev–Trinajstić information content (AvgIpc) is 1.56. The van der Waals surface area contributed by atoms with Gasteiger partial charge in [-0.15, -0.1) is 0 Å². The van der Waals surface area contributed by atoms with Gasteiger partial charge in [-0.25, -0.2) is 0 Å². The Morgan fingerprint density at radius 1 is 1.00 bits per heavy atom. The molecule has 2 N–H and O–H groups in total. The lowest BCUT2D eigenvalue weighted by Crippen LogP contribution is -2.24. The minimum atomic E-state index is -0.833. The number of amides is 2. The zero-order chi connectivity index (χ0) is 9.44. The van der Waals surface area contributed by atoms with E-state index in [4.69, 9.17) is 9.90 Å². The maximum Gasteiger partial charge on any atom is 0.300 e. The molecule has 0 aromatic rings. The van der Waals surface area contributed by atoms with Gasteiger partial charge >= 0.3 is 0 Å². The summed E-state index contributed by atoms with van der Waals surface area (Å²) in [6.45, 7) is 3.67. The lowest BCUT2D eigenvalue weighted by atomic mass is 10.6. The number of carboxylic acid groups (broad SMARTS) is 1. The van der Waals surface area contributed by atoms with Crippen LogP contribution in [0.3, 0.4) is 0 Å². The highest BCUT2D eigenvalue weighted by molar-refractivity contribution is 5.92. The number of aliphatic carboxylic acids is 1. The molecule has 0 radical (unpaired) electrons. The van der Waals surface area contributed by atoms with Crippen molar-refractivity contribution < 1.29 is 19.5 Å². The molecule has 11 heavy (non-hydrogen) atoms. The molecule has 0 saturated heterocycles. The van der Waals surface area contributed by atoms with Crippen LogP contribution in [0.25, 0.3) is 0 Å². The average molecular weight is 161 g/mol. The molecule has 5 nitrogen and oxygen atoms in total. The van der Waals surface area contributed by atoms with E-state index in [1.165, 1.54) is 13.8 Å². The molecule has 2 amide bonds. The summed E-state index contributed by atoms with van der Waals surface area (Å²) < 4.78 is 0. The highest BCUT2D eigenvalue weighted by Crippen LogP contribution is 1.58. The van der Waals surface area contributed by atoms with Crippen LogP contribution in [0.15, 0.2) is 0 Å². The number of hydrogen-bond acceptors (Lipinski definition) is 3. The van der Waals surface area contributed by atoms with Gasteiger partial charge in [0.15, 0.2) is 0 Å². The molecule has 0 atom stereocenters. The zero-order valence-electron chi connectivity index (χ0n) is 6.67. The van der Waals surface area contributed by atoms with Gasteiger partial charge in [-0.3, -0.25) is 19.7 Å². The molecule has 0 aliphatic rings. The molecular weight excluding hydrogens is 150 g/mol. The van der Waals surface area contributed by atoms with Crippen molar-refractivity contribution in [2.45, 2.75) is 20.8 Å². The van der Waals surface area contributed by atoms with E-state index in [2.05, 4.69) is 0 Å². The summed E-state index contributed by atoms with van der Waals surface area (Å²) in [5, 5.41) is 9.44. The third-order valence-corrected chi connectivity index (χ3v) is 0.352. The molecule has 0 fully saturated rings. The Labute approximate surface area is 64.4 Å². The van der Waals surface area contributed by atoms with E-state index in [9.17, 15) is 9.59 Å². The van der Waals surface area contributed by atoms with E-state index in [0.29, 0.717) is 0 Å². The fraction of sp³-hybridized carbons (Fsp3) is 0.500. The van der Waals surface area contributed by atoms with Crippen LogP contribution >= 0.6 is 0 Å². The fourth-order valence-corrected chi connectivity index (χ4v) is 0.248. The smallest absolute Gasteiger partial charge is 0.300 e. The van der Waals surface area contributed by atoms with Crippen LogP contribution in [0.2, 0.25) is 0 Å². The predicted molar refractivity (Wildman–Crippen MR) is 37.8 cm³/mol. The number of nitrogens with one attached hydrogen (secondary N) is 1. The van der Waals surface area contributed by atoms with Crippen LogP contribution in [0.4, 0.5) is 0 Å². The quantitative estimate of drug-likeness (QED) is 0.513. The standard InChI is InChI=1S/C4H7NO2.C2H4O2/c1-3(6)5-4(2)7;1-2(3)4/h1-2H3,(H,5,6,7);1H3,(H,3,4). The summed E-state index contributed by atoms with van der Waals surface area (Å²) in [5.74, 6) is -1.46. The first-order valence-electron chi connectivity index (χ1n) is 2.84. The van der Waals surface area contributed by atoms with Crippen LogP contribution < -0.4 is 5.32 Å². The molecule has 0 aliphatic carbocycles. The minimum Gasteiger partial charge on any atom is -0.481 e. The SMILES string of the molecule is CC(=O)NC(C)=O.CC(=O)O. The van der Waals surface area contributed by atoms with Gasteiger partial charge in [0.1, 0.15) is 0 Å². The van der Waals surface area contributed by atoms with E-state index in [1.54, 1.807) is 0 Å². The second kappa shape index (κ2) is 6.73. The Morgan fingerprint density at radius 3 is 1.18 bits per heavy atom. The van der Waals surface area contributed by atoms with Gasteiger partial charge in [0.2, 0.25) is 11.8 Å². The number of hydrogen-bond donors (Lipinski definition) is 2. The van der Waals surface area contributed by atoms with Gasteiger partial charge in [0, 0.05) is 20.8 Å². The molecule has 64 valence electrons. The van der Waals surface area contributed by atoms with E-state index in [-0.39, 0.29) is 11.8 Å². The normalized spacial score (nSPS) is 7.18. The summed E-state index contributed by atoms with van der Waals surface area (Å²) in [4.78, 5) is 28.8. The molecule has 0 aliphatic heterocycles. The van der Waals surface area contributed by atoms with Crippen molar-refractivity contribution in [3.05, 3.63) is 0 Å². The molecular formula is C6H11NO4. The van der Waals surface area contributed by atoms with E-state index < -0.39 is 5.97 Å². The summed E-state index contributed by atoms with van der Waals surface area (Å²) in [7, 11) is 0. The molecule has 0 saturated carbocycles. The highest BCUT2D eigenvalue weighted by atomic mass is 16.4. The Balaban J connectivity index is 0. The lowest BCUT2D eigenvalue weighted by Gasteiger charge is -1.88. The molecule has 0 rings (SSSR count). The van der Waals surface area contributed by atoms with Crippen molar-refractivity contribution in [2.24, 2.45) is 0 Å². The number of carbonyl (C=O) groups excluding carboxylic acids is 2. The molecule has 0 spiro atoms. The van der Waals surface area contributed by atoms with E-state index in [1.807, 2.05) is 5.32 Å². The van der Waals surface area contributed by atoms with E-state index in [0.717, 1.165) is 6.92 Å². The van der Waals surface area contributed by atoms with Gasteiger partial charge in [-0.1, -0.05) is 0 Å². The van der Waals surface area contributed by atoms with Crippen molar-refractivity contribution in [1.82, 2.24) is 5.32 Å². The molecule has 0 bridgehead atoms. The Morgan fingerprint density at radius 2 is 1.18 bits per heavy atom. The fourth-order valence-electron chi connectivity index (χ4n) is 0.248. The summed E-state index contributed by atoms with van der Waals surface area (Å²) in [6, 6.07) is 0. The highest BCUT2D eigenvalue weighted by Gasteiger charge is 1.90. The largest absolute Gasteiger partial charge is 0.481 e. The molecule has 0 aromatic carbocycles. The molecule has 0 unspecified atom stereocenters. The van der Waals surface area contributed by atoms with Gasteiger partial charge in [-0.05, 0) is 0 Å². The minimum absolute atomic E-state index is 0.312. The summed E-state index contributed by atoms with van der Waals surface area (Å²) >= 11 is 0. The Hall–Kier alpha value is -1.39. The van der Waals surface area contributed by atoms with Crippen LogP contribution in [0.5, 0.6) is 0 Å². The van der Waals surface area contributed by atoms with Crippen molar-refractivity contribution in [3.8, 4) is 0 Å². The maximum atomic E-state index is 9.92.